The van der Waals surface area contributed by atoms with Crippen molar-refractivity contribution in [3.63, 3.8) is 0 Å². The highest BCUT2D eigenvalue weighted by molar-refractivity contribution is 9.10. The first kappa shape index (κ1) is 9.69. The minimum Gasteiger partial charge on any atom is -0.256 e. The summed E-state index contributed by atoms with van der Waals surface area (Å²) in [6, 6.07) is 11.5. The van der Waals surface area contributed by atoms with Gasteiger partial charge in [0.1, 0.15) is 0 Å². The SMILES string of the molecule is Clc1cc(Br)ccc1-c1ccccn1. The molecule has 1 aromatic carbocycles. The molecule has 0 aliphatic heterocycles. The third-order valence-corrected chi connectivity index (χ3v) is 2.68. The van der Waals surface area contributed by atoms with E-state index in [1.165, 1.54) is 0 Å². The lowest BCUT2D eigenvalue weighted by Gasteiger charge is -2.03. The fraction of sp³-hybridized carbons (Fsp3) is 0. The summed E-state index contributed by atoms with van der Waals surface area (Å²) in [6.07, 6.45) is 1.76. The fourth-order valence-corrected chi connectivity index (χ4v) is 1.99. The minimum atomic E-state index is 0.707. The molecule has 2 rings (SSSR count). The van der Waals surface area contributed by atoms with Gasteiger partial charge in [0.2, 0.25) is 0 Å². The Morgan fingerprint density at radius 3 is 2.64 bits per heavy atom. The highest BCUT2D eigenvalue weighted by Gasteiger charge is 2.03. The second-order valence-corrected chi connectivity index (χ2v) is 4.16. The molecule has 0 saturated carbocycles. The molecule has 1 nitrogen and oxygen atoms in total. The van der Waals surface area contributed by atoms with Crippen molar-refractivity contribution in [3.05, 3.63) is 52.1 Å². The summed E-state index contributed by atoms with van der Waals surface area (Å²) in [5.74, 6) is 0. The van der Waals surface area contributed by atoms with Gasteiger partial charge in [0.25, 0.3) is 0 Å². The van der Waals surface area contributed by atoms with Gasteiger partial charge < -0.3 is 0 Å². The van der Waals surface area contributed by atoms with Gasteiger partial charge in [0.05, 0.1) is 10.7 Å². The van der Waals surface area contributed by atoms with E-state index in [-0.39, 0.29) is 0 Å². The van der Waals surface area contributed by atoms with E-state index in [9.17, 15) is 0 Å². The van der Waals surface area contributed by atoms with E-state index in [0.29, 0.717) is 5.02 Å². The molecule has 2 aromatic rings. The summed E-state index contributed by atoms with van der Waals surface area (Å²) in [6.45, 7) is 0. The van der Waals surface area contributed by atoms with Gasteiger partial charge in [0, 0.05) is 16.2 Å². The van der Waals surface area contributed by atoms with Crippen molar-refractivity contribution >= 4 is 27.5 Å². The molecular weight excluding hydrogens is 261 g/mol. The van der Waals surface area contributed by atoms with Crippen LogP contribution in [0.4, 0.5) is 0 Å². The Morgan fingerprint density at radius 1 is 1.14 bits per heavy atom. The summed E-state index contributed by atoms with van der Waals surface area (Å²) in [7, 11) is 0. The van der Waals surface area contributed by atoms with Crippen LogP contribution in [0.15, 0.2) is 47.1 Å². The average molecular weight is 269 g/mol. The molecule has 1 heterocycles. The molecule has 70 valence electrons. The lowest BCUT2D eigenvalue weighted by Crippen LogP contribution is -1.82. The monoisotopic (exact) mass is 267 g/mol. The lowest BCUT2D eigenvalue weighted by atomic mass is 10.1. The number of hydrogen-bond acceptors (Lipinski definition) is 1. The Labute approximate surface area is 95.9 Å². The highest BCUT2D eigenvalue weighted by Crippen LogP contribution is 2.28. The zero-order valence-electron chi connectivity index (χ0n) is 7.24. The standard InChI is InChI=1S/C11H7BrClN/c12-8-4-5-9(10(13)7-8)11-3-1-2-6-14-11/h1-7H. The van der Waals surface area contributed by atoms with E-state index in [2.05, 4.69) is 20.9 Å². The van der Waals surface area contributed by atoms with Gasteiger partial charge in [-0.25, -0.2) is 0 Å². The van der Waals surface area contributed by atoms with Crippen LogP contribution in [-0.4, -0.2) is 4.98 Å². The van der Waals surface area contributed by atoms with Gasteiger partial charge in [-0.2, -0.15) is 0 Å². The van der Waals surface area contributed by atoms with Crippen LogP contribution in [0.1, 0.15) is 0 Å². The smallest absolute Gasteiger partial charge is 0.0716 e. The van der Waals surface area contributed by atoms with Crippen LogP contribution in [0, 0.1) is 0 Å². The Bertz CT molecular complexity index is 442. The van der Waals surface area contributed by atoms with Gasteiger partial charge in [-0.05, 0) is 24.3 Å². The van der Waals surface area contributed by atoms with E-state index in [1.54, 1.807) is 6.20 Å². The number of rotatable bonds is 1. The van der Waals surface area contributed by atoms with E-state index in [1.807, 2.05) is 36.4 Å². The van der Waals surface area contributed by atoms with Gasteiger partial charge in [-0.1, -0.05) is 39.7 Å². The van der Waals surface area contributed by atoms with Crippen LogP contribution in [0.3, 0.4) is 0 Å². The van der Waals surface area contributed by atoms with E-state index >= 15 is 0 Å². The number of benzene rings is 1. The maximum atomic E-state index is 6.09. The van der Waals surface area contributed by atoms with Gasteiger partial charge in [0.15, 0.2) is 0 Å². The van der Waals surface area contributed by atoms with Crippen molar-refractivity contribution < 1.29 is 0 Å². The minimum absolute atomic E-state index is 0.707. The Balaban J connectivity index is 2.53. The highest BCUT2D eigenvalue weighted by atomic mass is 79.9. The maximum Gasteiger partial charge on any atom is 0.0716 e. The summed E-state index contributed by atoms with van der Waals surface area (Å²) in [4.78, 5) is 4.24. The molecule has 0 amide bonds. The maximum absolute atomic E-state index is 6.09. The Hall–Kier alpha value is -0.860. The molecule has 0 bridgehead atoms. The number of halogens is 2. The van der Waals surface area contributed by atoms with Gasteiger partial charge in [-0.15, -0.1) is 0 Å². The quantitative estimate of drug-likeness (QED) is 0.756. The normalized spacial score (nSPS) is 10.1. The number of aromatic nitrogens is 1. The molecule has 0 atom stereocenters. The topological polar surface area (TPSA) is 12.9 Å². The zero-order valence-corrected chi connectivity index (χ0v) is 9.59. The molecular formula is C11H7BrClN. The molecule has 0 aliphatic carbocycles. The zero-order chi connectivity index (χ0) is 9.97. The van der Waals surface area contributed by atoms with E-state index < -0.39 is 0 Å². The first-order chi connectivity index (χ1) is 6.77. The lowest BCUT2D eigenvalue weighted by molar-refractivity contribution is 1.33. The van der Waals surface area contributed by atoms with Crippen molar-refractivity contribution in [3.8, 4) is 11.3 Å². The fourth-order valence-electron chi connectivity index (χ4n) is 1.22. The number of hydrogen-bond donors (Lipinski definition) is 0. The average Bonchev–Trinajstić information content (AvgIpc) is 2.19. The Morgan fingerprint density at radius 2 is 2.00 bits per heavy atom. The van der Waals surface area contributed by atoms with Crippen LogP contribution < -0.4 is 0 Å². The molecule has 0 spiro atoms. The molecule has 0 aliphatic rings. The van der Waals surface area contributed by atoms with E-state index in [0.717, 1.165) is 15.7 Å². The summed E-state index contributed by atoms with van der Waals surface area (Å²) < 4.78 is 0.974. The molecule has 3 heteroatoms. The first-order valence-corrected chi connectivity index (χ1v) is 5.31. The van der Waals surface area contributed by atoms with Crippen molar-refractivity contribution in [1.29, 1.82) is 0 Å². The molecule has 0 N–H and O–H groups in total. The van der Waals surface area contributed by atoms with Crippen molar-refractivity contribution in [2.45, 2.75) is 0 Å². The summed E-state index contributed by atoms with van der Waals surface area (Å²) in [5.41, 5.74) is 1.85. The van der Waals surface area contributed by atoms with Crippen LogP contribution in [0.25, 0.3) is 11.3 Å². The molecule has 0 saturated heterocycles. The second kappa shape index (κ2) is 4.11. The molecule has 14 heavy (non-hydrogen) atoms. The van der Waals surface area contributed by atoms with Crippen molar-refractivity contribution in [2.24, 2.45) is 0 Å². The van der Waals surface area contributed by atoms with Gasteiger partial charge in [-0.3, -0.25) is 4.98 Å². The second-order valence-electron chi connectivity index (χ2n) is 2.84. The van der Waals surface area contributed by atoms with Crippen LogP contribution in [0.2, 0.25) is 5.02 Å². The Kier molecular flexibility index (Phi) is 2.85. The van der Waals surface area contributed by atoms with Crippen LogP contribution >= 0.6 is 27.5 Å². The van der Waals surface area contributed by atoms with Crippen LogP contribution in [0.5, 0.6) is 0 Å². The summed E-state index contributed by atoms with van der Waals surface area (Å²) >= 11 is 9.46. The van der Waals surface area contributed by atoms with Crippen molar-refractivity contribution in [2.75, 3.05) is 0 Å². The molecule has 0 unspecified atom stereocenters. The third-order valence-electron chi connectivity index (χ3n) is 1.87. The summed E-state index contributed by atoms with van der Waals surface area (Å²) in [5, 5.41) is 0.707. The van der Waals surface area contributed by atoms with Crippen molar-refractivity contribution in [1.82, 2.24) is 4.98 Å². The predicted molar refractivity (Wildman–Crippen MR) is 62.4 cm³/mol. The number of pyridine rings is 1. The first-order valence-electron chi connectivity index (χ1n) is 4.14. The molecule has 0 fully saturated rings. The molecule has 0 radical (unpaired) electrons. The third kappa shape index (κ3) is 1.97. The largest absolute Gasteiger partial charge is 0.256 e. The number of nitrogens with zero attached hydrogens (tertiary/aromatic N) is 1. The van der Waals surface area contributed by atoms with E-state index in [4.69, 9.17) is 11.6 Å². The predicted octanol–water partition coefficient (Wildman–Crippen LogP) is 4.16. The van der Waals surface area contributed by atoms with Gasteiger partial charge >= 0.3 is 0 Å². The molecule has 1 aromatic heterocycles. The van der Waals surface area contributed by atoms with Crippen LogP contribution in [-0.2, 0) is 0 Å².